The molecule has 1 aliphatic heterocycles. The lowest BCUT2D eigenvalue weighted by atomic mass is 10.0. The Bertz CT molecular complexity index is 1490. The molecular formula is C26H23FN4O3S. The summed E-state index contributed by atoms with van der Waals surface area (Å²) in [4.78, 5) is 39.9. The Morgan fingerprint density at radius 3 is 2.63 bits per heavy atom. The fourth-order valence-corrected chi connectivity index (χ4v) is 5.46. The number of aromatic nitrogens is 1. The van der Waals surface area contributed by atoms with Crippen molar-refractivity contribution in [3.8, 4) is 5.69 Å². The number of nitrogens with one attached hydrogen (secondary N) is 3. The first-order chi connectivity index (χ1) is 16.9. The van der Waals surface area contributed by atoms with E-state index in [1.807, 2.05) is 18.2 Å². The van der Waals surface area contributed by atoms with Crippen LogP contribution >= 0.6 is 11.3 Å². The van der Waals surface area contributed by atoms with Crippen molar-refractivity contribution >= 4 is 38.4 Å². The quantitative estimate of drug-likeness (QED) is 0.366. The van der Waals surface area contributed by atoms with Gasteiger partial charge in [-0.3, -0.25) is 19.5 Å². The molecular weight excluding hydrogens is 467 g/mol. The average molecular weight is 491 g/mol. The number of urea groups is 1. The average Bonchev–Trinajstić information content (AvgIpc) is 3.48. The van der Waals surface area contributed by atoms with Crippen LogP contribution in [0.25, 0.3) is 15.9 Å². The summed E-state index contributed by atoms with van der Waals surface area (Å²) in [7, 11) is 0. The van der Waals surface area contributed by atoms with Gasteiger partial charge < -0.3 is 10.6 Å². The zero-order valence-corrected chi connectivity index (χ0v) is 19.7. The SMILES string of the molecule is Cc1cc(C(=O)c2c(NC(=O)N[C@@H]3CCNC3)sc3c2ccc(=O)n3-c2ccccc2)ccc1F. The molecule has 1 fully saturated rings. The molecule has 2 amide bonds. The molecule has 5 rings (SSSR count). The largest absolute Gasteiger partial charge is 0.334 e. The Balaban J connectivity index is 1.65. The van der Waals surface area contributed by atoms with E-state index in [4.69, 9.17) is 0 Å². The van der Waals surface area contributed by atoms with Gasteiger partial charge in [-0.1, -0.05) is 29.5 Å². The maximum Gasteiger partial charge on any atom is 0.320 e. The fourth-order valence-electron chi connectivity index (χ4n) is 4.25. The molecule has 0 radical (unpaired) electrons. The number of ketones is 1. The van der Waals surface area contributed by atoms with Crippen molar-refractivity contribution < 1.29 is 14.0 Å². The Morgan fingerprint density at radius 2 is 1.91 bits per heavy atom. The predicted octanol–water partition coefficient (Wildman–Crippen LogP) is 4.21. The first-order valence-corrected chi connectivity index (χ1v) is 12.1. The van der Waals surface area contributed by atoms with Gasteiger partial charge in [0.1, 0.15) is 15.6 Å². The number of hydrogen-bond acceptors (Lipinski definition) is 5. The van der Waals surface area contributed by atoms with E-state index >= 15 is 0 Å². The number of carbonyl (C=O) groups excluding carboxylic acids is 2. The van der Waals surface area contributed by atoms with Crippen LogP contribution < -0.4 is 21.5 Å². The highest BCUT2D eigenvalue weighted by molar-refractivity contribution is 7.23. The molecule has 2 aromatic heterocycles. The number of para-hydroxylation sites is 1. The van der Waals surface area contributed by atoms with Gasteiger partial charge in [-0.05, 0) is 61.9 Å². The second-order valence-electron chi connectivity index (χ2n) is 8.45. The highest BCUT2D eigenvalue weighted by atomic mass is 32.1. The highest BCUT2D eigenvalue weighted by Gasteiger charge is 2.25. The van der Waals surface area contributed by atoms with E-state index in [2.05, 4.69) is 16.0 Å². The number of nitrogens with zero attached hydrogens (tertiary/aromatic N) is 1. The Morgan fingerprint density at radius 1 is 1.11 bits per heavy atom. The van der Waals surface area contributed by atoms with Crippen molar-refractivity contribution in [2.45, 2.75) is 19.4 Å². The number of halogens is 1. The molecule has 9 heteroatoms. The number of amides is 2. The molecule has 0 saturated carbocycles. The van der Waals surface area contributed by atoms with E-state index in [1.54, 1.807) is 25.1 Å². The monoisotopic (exact) mass is 490 g/mol. The number of thiophene rings is 1. The van der Waals surface area contributed by atoms with Gasteiger partial charge in [0.2, 0.25) is 0 Å². The van der Waals surface area contributed by atoms with Crippen LogP contribution in [0.4, 0.5) is 14.2 Å². The van der Waals surface area contributed by atoms with E-state index in [9.17, 15) is 18.8 Å². The highest BCUT2D eigenvalue weighted by Crippen LogP contribution is 2.37. The molecule has 0 unspecified atom stereocenters. The van der Waals surface area contributed by atoms with Crippen LogP contribution in [-0.4, -0.2) is 35.5 Å². The maximum absolute atomic E-state index is 13.9. The lowest BCUT2D eigenvalue weighted by Gasteiger charge is -2.12. The van der Waals surface area contributed by atoms with Gasteiger partial charge in [0.25, 0.3) is 5.56 Å². The molecule has 178 valence electrons. The third kappa shape index (κ3) is 4.48. The minimum absolute atomic E-state index is 0.00854. The van der Waals surface area contributed by atoms with Crippen molar-refractivity contribution in [1.29, 1.82) is 0 Å². The van der Waals surface area contributed by atoms with Crippen molar-refractivity contribution in [3.05, 3.63) is 93.5 Å². The van der Waals surface area contributed by atoms with Crippen molar-refractivity contribution in [1.82, 2.24) is 15.2 Å². The number of benzene rings is 2. The molecule has 1 aliphatic rings. The van der Waals surface area contributed by atoms with Crippen LogP contribution in [0.3, 0.4) is 0 Å². The smallest absolute Gasteiger partial charge is 0.320 e. The van der Waals surface area contributed by atoms with Gasteiger partial charge in [-0.15, -0.1) is 0 Å². The molecule has 0 spiro atoms. The minimum Gasteiger partial charge on any atom is -0.334 e. The molecule has 7 nitrogen and oxygen atoms in total. The number of rotatable bonds is 5. The summed E-state index contributed by atoms with van der Waals surface area (Å²) in [6, 6.07) is 15.8. The first-order valence-electron chi connectivity index (χ1n) is 11.3. The van der Waals surface area contributed by atoms with Crippen LogP contribution in [0.2, 0.25) is 0 Å². The molecule has 1 saturated heterocycles. The van der Waals surface area contributed by atoms with Crippen molar-refractivity contribution in [3.63, 3.8) is 0 Å². The Kier molecular flexibility index (Phi) is 6.19. The van der Waals surface area contributed by atoms with Gasteiger partial charge in [-0.25, -0.2) is 9.18 Å². The second-order valence-corrected chi connectivity index (χ2v) is 9.45. The fraction of sp³-hybridized carbons (Fsp3) is 0.192. The molecule has 3 heterocycles. The first kappa shape index (κ1) is 22.9. The molecule has 0 bridgehead atoms. The Hall–Kier alpha value is -3.82. The van der Waals surface area contributed by atoms with E-state index in [1.165, 1.54) is 28.8 Å². The normalized spacial score (nSPS) is 15.3. The minimum atomic E-state index is -0.428. The third-order valence-electron chi connectivity index (χ3n) is 6.03. The molecule has 3 N–H and O–H groups in total. The lowest BCUT2D eigenvalue weighted by molar-refractivity contribution is 0.104. The molecule has 2 aromatic carbocycles. The van der Waals surface area contributed by atoms with Gasteiger partial charge in [-0.2, -0.15) is 0 Å². The van der Waals surface area contributed by atoms with E-state index in [0.717, 1.165) is 24.3 Å². The summed E-state index contributed by atoms with van der Waals surface area (Å²) < 4.78 is 15.4. The molecule has 1 atom stereocenters. The van der Waals surface area contributed by atoms with E-state index in [-0.39, 0.29) is 22.9 Å². The maximum atomic E-state index is 13.9. The summed E-state index contributed by atoms with van der Waals surface area (Å²) in [5.74, 6) is -0.770. The molecule has 35 heavy (non-hydrogen) atoms. The summed E-state index contributed by atoms with van der Waals surface area (Å²) in [5, 5.41) is 9.80. The summed E-state index contributed by atoms with van der Waals surface area (Å²) >= 11 is 1.16. The third-order valence-corrected chi connectivity index (χ3v) is 7.13. The van der Waals surface area contributed by atoms with Crippen LogP contribution in [0.5, 0.6) is 0 Å². The van der Waals surface area contributed by atoms with E-state index < -0.39 is 11.8 Å². The number of fused-ring (bicyclic) bond motifs is 1. The van der Waals surface area contributed by atoms with Crippen molar-refractivity contribution in [2.75, 3.05) is 18.4 Å². The predicted molar refractivity (Wildman–Crippen MR) is 135 cm³/mol. The van der Waals surface area contributed by atoms with Crippen LogP contribution in [0.1, 0.15) is 27.9 Å². The number of anilines is 1. The number of aryl methyl sites for hydroxylation is 1. The van der Waals surface area contributed by atoms with Gasteiger partial charge >= 0.3 is 6.03 Å². The number of hydrogen-bond donors (Lipinski definition) is 3. The van der Waals surface area contributed by atoms with Crippen molar-refractivity contribution in [2.24, 2.45) is 0 Å². The summed E-state index contributed by atoms with van der Waals surface area (Å²) in [5.41, 5.74) is 1.30. The molecule has 0 aliphatic carbocycles. The topological polar surface area (TPSA) is 92.2 Å². The standard InChI is InChI=1S/C26H23FN4O3S/c1-15-13-16(7-9-20(15)27)23(33)22-19-8-10-21(32)31(18-5-3-2-4-6-18)25(19)35-24(22)30-26(34)29-17-11-12-28-14-17/h2-10,13,17,28H,11-12,14H2,1H3,(H2,29,30,34)/t17-/m1/s1. The van der Waals surface area contributed by atoms with Crippen LogP contribution in [-0.2, 0) is 0 Å². The number of pyridine rings is 1. The number of carbonyl (C=O) groups is 2. The van der Waals surface area contributed by atoms with E-state index in [0.29, 0.717) is 38.6 Å². The van der Waals surface area contributed by atoms with Crippen LogP contribution in [0, 0.1) is 12.7 Å². The lowest BCUT2D eigenvalue weighted by Crippen LogP contribution is -2.39. The van der Waals surface area contributed by atoms with Gasteiger partial charge in [0.05, 0.1) is 11.3 Å². The Labute approximate surface area is 204 Å². The zero-order chi connectivity index (χ0) is 24.5. The van der Waals surface area contributed by atoms with Gasteiger partial charge in [0.15, 0.2) is 5.78 Å². The van der Waals surface area contributed by atoms with Crippen LogP contribution in [0.15, 0.2) is 65.5 Å². The summed E-state index contributed by atoms with van der Waals surface area (Å²) in [6.07, 6.45) is 0.814. The molecule has 4 aromatic rings. The zero-order valence-electron chi connectivity index (χ0n) is 18.9. The summed E-state index contributed by atoms with van der Waals surface area (Å²) in [6.45, 7) is 3.09. The van der Waals surface area contributed by atoms with Gasteiger partial charge in [0, 0.05) is 29.6 Å². The second kappa shape index (κ2) is 9.44.